The molecule has 0 bridgehead atoms. The van der Waals surface area contributed by atoms with Crippen molar-refractivity contribution >= 4 is 22.4 Å². The molecule has 0 fully saturated rings. The van der Waals surface area contributed by atoms with E-state index >= 15 is 0 Å². The van der Waals surface area contributed by atoms with Crippen LogP contribution in [0.15, 0.2) is 48.5 Å². The second-order valence-corrected chi connectivity index (χ2v) is 6.16. The Morgan fingerprint density at radius 1 is 0.947 bits per heavy atom. The highest BCUT2D eigenvalue weighted by Gasteiger charge is 2.06. The monoisotopic (exact) mass is 294 g/mol. The van der Waals surface area contributed by atoms with Gasteiger partial charge in [-0.05, 0) is 22.8 Å². The summed E-state index contributed by atoms with van der Waals surface area (Å²) < 4.78 is 12.1. The van der Waals surface area contributed by atoms with Crippen LogP contribution in [0.4, 0.5) is 0 Å². The lowest BCUT2D eigenvalue weighted by atomic mass is 10.2. The average Bonchev–Trinajstić information content (AvgIpc) is 2.42. The van der Waals surface area contributed by atoms with Gasteiger partial charge >= 0.3 is 0 Å². The van der Waals surface area contributed by atoms with E-state index in [1.807, 2.05) is 48.5 Å². The van der Waals surface area contributed by atoms with Gasteiger partial charge in [-0.15, -0.1) is 0 Å². The van der Waals surface area contributed by atoms with Gasteiger partial charge < -0.3 is 5.11 Å². The van der Waals surface area contributed by atoms with Gasteiger partial charge in [-0.3, -0.25) is 4.21 Å². The molecule has 0 aliphatic rings. The van der Waals surface area contributed by atoms with Gasteiger partial charge in [0.05, 0.1) is 12.4 Å². The van der Waals surface area contributed by atoms with E-state index in [4.69, 9.17) is 16.7 Å². The molecule has 0 spiro atoms. The van der Waals surface area contributed by atoms with Crippen LogP contribution in [0.25, 0.3) is 0 Å². The molecular formula is C15H15ClO2S. The smallest absolute Gasteiger partial charge is 0.0681 e. The Balaban J connectivity index is 1.99. The molecule has 4 heteroatoms. The first-order chi connectivity index (χ1) is 9.19. The summed E-state index contributed by atoms with van der Waals surface area (Å²) >= 11 is 6.05. The number of rotatable bonds is 5. The van der Waals surface area contributed by atoms with Gasteiger partial charge in [0.2, 0.25) is 0 Å². The summed E-state index contributed by atoms with van der Waals surface area (Å²) in [5.41, 5.74) is 2.78. The first kappa shape index (κ1) is 14.3. The number of aliphatic hydroxyl groups excluding tert-OH is 1. The van der Waals surface area contributed by atoms with Crippen molar-refractivity contribution in [3.05, 3.63) is 70.2 Å². The fourth-order valence-electron chi connectivity index (χ4n) is 1.77. The molecule has 0 saturated carbocycles. The largest absolute Gasteiger partial charge is 0.392 e. The minimum atomic E-state index is -0.988. The molecule has 2 nitrogen and oxygen atoms in total. The Bertz CT molecular complexity index is 567. The van der Waals surface area contributed by atoms with E-state index in [0.717, 1.165) is 16.7 Å². The van der Waals surface area contributed by atoms with Crippen molar-refractivity contribution in [2.24, 2.45) is 0 Å². The molecule has 0 aliphatic heterocycles. The van der Waals surface area contributed by atoms with Crippen molar-refractivity contribution in [3.63, 3.8) is 0 Å². The maximum atomic E-state index is 12.1. The SMILES string of the molecule is O=S(Cc1ccc(CO)cc1)Cc1ccccc1Cl. The zero-order valence-corrected chi connectivity index (χ0v) is 12.0. The van der Waals surface area contributed by atoms with Crippen LogP contribution >= 0.6 is 11.6 Å². The Kier molecular flexibility index (Phi) is 5.14. The summed E-state index contributed by atoms with van der Waals surface area (Å²) in [7, 11) is -0.988. The van der Waals surface area contributed by atoms with Crippen LogP contribution in [-0.2, 0) is 28.9 Å². The third-order valence-corrected chi connectivity index (χ3v) is 4.46. The molecule has 0 amide bonds. The Labute approximate surface area is 120 Å². The van der Waals surface area contributed by atoms with Crippen molar-refractivity contribution in [1.82, 2.24) is 0 Å². The van der Waals surface area contributed by atoms with E-state index in [0.29, 0.717) is 16.5 Å². The number of hydrogen-bond acceptors (Lipinski definition) is 2. The standard InChI is InChI=1S/C15H15ClO2S/c16-15-4-2-1-3-14(15)11-19(18)10-13-7-5-12(9-17)6-8-13/h1-8,17H,9-11H2. The van der Waals surface area contributed by atoms with Gasteiger partial charge in [0.15, 0.2) is 0 Å². The summed E-state index contributed by atoms with van der Waals surface area (Å²) in [5, 5.41) is 9.62. The highest BCUT2D eigenvalue weighted by Crippen LogP contribution is 2.18. The molecule has 2 aromatic carbocycles. The van der Waals surface area contributed by atoms with Gasteiger partial charge in [-0.1, -0.05) is 54.1 Å². The van der Waals surface area contributed by atoms with Crippen LogP contribution in [0.2, 0.25) is 5.02 Å². The predicted octanol–water partition coefficient (Wildman–Crippen LogP) is 3.28. The third-order valence-electron chi connectivity index (χ3n) is 2.81. The van der Waals surface area contributed by atoms with Crippen LogP contribution in [0, 0.1) is 0 Å². The molecule has 0 saturated heterocycles. The lowest BCUT2D eigenvalue weighted by Crippen LogP contribution is -2.00. The van der Waals surface area contributed by atoms with Gasteiger partial charge in [-0.2, -0.15) is 0 Å². The molecular weight excluding hydrogens is 280 g/mol. The fourth-order valence-corrected chi connectivity index (χ4v) is 3.31. The van der Waals surface area contributed by atoms with E-state index in [9.17, 15) is 4.21 Å². The van der Waals surface area contributed by atoms with E-state index in [1.54, 1.807) is 0 Å². The van der Waals surface area contributed by atoms with Crippen LogP contribution in [0.3, 0.4) is 0 Å². The van der Waals surface area contributed by atoms with Gasteiger partial charge in [-0.25, -0.2) is 0 Å². The number of halogens is 1. The van der Waals surface area contributed by atoms with Crippen LogP contribution in [-0.4, -0.2) is 9.32 Å². The van der Waals surface area contributed by atoms with E-state index in [-0.39, 0.29) is 6.61 Å². The minimum Gasteiger partial charge on any atom is -0.392 e. The normalized spacial score (nSPS) is 12.3. The molecule has 0 aliphatic carbocycles. The molecule has 0 heterocycles. The van der Waals surface area contributed by atoms with Crippen molar-refractivity contribution in [1.29, 1.82) is 0 Å². The van der Waals surface area contributed by atoms with Gasteiger partial charge in [0, 0.05) is 21.6 Å². The second kappa shape index (κ2) is 6.85. The van der Waals surface area contributed by atoms with Crippen LogP contribution in [0.5, 0.6) is 0 Å². The van der Waals surface area contributed by atoms with Crippen LogP contribution < -0.4 is 0 Å². The lowest BCUT2D eigenvalue weighted by Gasteiger charge is -2.05. The van der Waals surface area contributed by atoms with E-state index < -0.39 is 10.8 Å². The van der Waals surface area contributed by atoms with Crippen molar-refractivity contribution in [2.75, 3.05) is 0 Å². The third kappa shape index (κ3) is 4.16. The maximum Gasteiger partial charge on any atom is 0.0681 e. The minimum absolute atomic E-state index is 0.0307. The Morgan fingerprint density at radius 3 is 2.21 bits per heavy atom. The summed E-state index contributed by atoms with van der Waals surface area (Å²) in [6, 6.07) is 15.0. The Morgan fingerprint density at radius 2 is 1.58 bits per heavy atom. The molecule has 2 aromatic rings. The van der Waals surface area contributed by atoms with Crippen LogP contribution in [0.1, 0.15) is 16.7 Å². The molecule has 19 heavy (non-hydrogen) atoms. The van der Waals surface area contributed by atoms with E-state index in [2.05, 4.69) is 0 Å². The van der Waals surface area contributed by atoms with E-state index in [1.165, 1.54) is 0 Å². The van der Waals surface area contributed by atoms with Gasteiger partial charge in [0.25, 0.3) is 0 Å². The molecule has 1 unspecified atom stereocenters. The van der Waals surface area contributed by atoms with Crippen molar-refractivity contribution in [3.8, 4) is 0 Å². The topological polar surface area (TPSA) is 37.3 Å². The summed E-state index contributed by atoms with van der Waals surface area (Å²) in [6.45, 7) is 0.0307. The molecule has 1 N–H and O–H groups in total. The first-order valence-electron chi connectivity index (χ1n) is 5.96. The number of aliphatic hydroxyl groups is 1. The first-order valence-corrected chi connectivity index (χ1v) is 7.82. The highest BCUT2D eigenvalue weighted by molar-refractivity contribution is 7.83. The molecule has 0 radical (unpaired) electrons. The molecule has 1 atom stereocenters. The summed E-state index contributed by atoms with van der Waals surface area (Å²) in [4.78, 5) is 0. The summed E-state index contributed by atoms with van der Waals surface area (Å²) in [5.74, 6) is 0.957. The predicted molar refractivity (Wildman–Crippen MR) is 79.4 cm³/mol. The molecule has 0 aromatic heterocycles. The Hall–Kier alpha value is -1.16. The second-order valence-electron chi connectivity index (χ2n) is 4.29. The quantitative estimate of drug-likeness (QED) is 0.919. The summed E-state index contributed by atoms with van der Waals surface area (Å²) in [6.07, 6.45) is 0. The number of hydrogen-bond donors (Lipinski definition) is 1. The molecule has 2 rings (SSSR count). The van der Waals surface area contributed by atoms with Crippen molar-refractivity contribution < 1.29 is 9.32 Å². The number of benzene rings is 2. The zero-order chi connectivity index (χ0) is 13.7. The zero-order valence-electron chi connectivity index (χ0n) is 10.4. The average molecular weight is 295 g/mol. The van der Waals surface area contributed by atoms with Gasteiger partial charge in [0.1, 0.15) is 0 Å². The molecule has 100 valence electrons. The highest BCUT2D eigenvalue weighted by atomic mass is 35.5. The maximum absolute atomic E-state index is 12.1. The fraction of sp³-hybridized carbons (Fsp3) is 0.200. The van der Waals surface area contributed by atoms with Crippen molar-refractivity contribution in [2.45, 2.75) is 18.1 Å². The lowest BCUT2D eigenvalue weighted by molar-refractivity contribution is 0.282.